The van der Waals surface area contributed by atoms with Crippen LogP contribution < -0.4 is 9.47 Å². The zero-order chi connectivity index (χ0) is 17.1. The highest BCUT2D eigenvalue weighted by atomic mass is 16.5. The molecular formula is C22H26O2. The van der Waals surface area contributed by atoms with Gasteiger partial charge < -0.3 is 9.47 Å². The molecule has 3 aromatic carbocycles. The maximum absolute atomic E-state index is 5.78. The summed E-state index contributed by atoms with van der Waals surface area (Å²) in [7, 11) is 3.49. The van der Waals surface area contributed by atoms with Gasteiger partial charge >= 0.3 is 0 Å². The van der Waals surface area contributed by atoms with Gasteiger partial charge in [-0.15, -0.1) is 0 Å². The van der Waals surface area contributed by atoms with Crippen LogP contribution in [0.3, 0.4) is 0 Å². The highest BCUT2D eigenvalue weighted by Gasteiger charge is 2.15. The van der Waals surface area contributed by atoms with Gasteiger partial charge in [-0.3, -0.25) is 0 Å². The zero-order valence-corrected chi connectivity index (χ0v) is 15.1. The van der Waals surface area contributed by atoms with Crippen molar-refractivity contribution in [2.45, 2.75) is 33.1 Å². The van der Waals surface area contributed by atoms with E-state index in [2.05, 4.69) is 44.2 Å². The molecule has 0 radical (unpaired) electrons. The lowest BCUT2D eigenvalue weighted by atomic mass is 9.96. The third kappa shape index (κ3) is 3.06. The molecule has 2 nitrogen and oxygen atoms in total. The van der Waals surface area contributed by atoms with E-state index in [0.29, 0.717) is 0 Å². The van der Waals surface area contributed by atoms with Gasteiger partial charge in [0, 0.05) is 21.5 Å². The van der Waals surface area contributed by atoms with Crippen LogP contribution in [0.25, 0.3) is 21.5 Å². The third-order valence-electron chi connectivity index (χ3n) is 4.64. The van der Waals surface area contributed by atoms with Gasteiger partial charge in [0.2, 0.25) is 0 Å². The first-order valence-electron chi connectivity index (χ1n) is 8.71. The molecule has 2 heteroatoms. The van der Waals surface area contributed by atoms with E-state index in [9.17, 15) is 0 Å². The predicted octanol–water partition coefficient (Wildman–Crippen LogP) is 5.99. The Morgan fingerprint density at radius 2 is 1.38 bits per heavy atom. The van der Waals surface area contributed by atoms with Crippen LogP contribution in [0.2, 0.25) is 0 Å². The van der Waals surface area contributed by atoms with E-state index in [-0.39, 0.29) is 0 Å². The monoisotopic (exact) mass is 322 g/mol. The molecule has 0 atom stereocenters. The van der Waals surface area contributed by atoms with E-state index in [4.69, 9.17) is 9.47 Å². The molecule has 3 aromatic rings. The molecule has 126 valence electrons. The highest BCUT2D eigenvalue weighted by molar-refractivity contribution is 6.11. The van der Waals surface area contributed by atoms with Crippen molar-refractivity contribution in [2.24, 2.45) is 5.92 Å². The van der Waals surface area contributed by atoms with Crippen LogP contribution in [0, 0.1) is 5.92 Å². The summed E-state index contributed by atoms with van der Waals surface area (Å²) in [6, 6.07) is 14.9. The summed E-state index contributed by atoms with van der Waals surface area (Å²) in [6.07, 6.45) is 3.58. The second-order valence-corrected chi connectivity index (χ2v) is 6.78. The van der Waals surface area contributed by atoms with Crippen molar-refractivity contribution in [2.75, 3.05) is 14.2 Å². The first-order valence-corrected chi connectivity index (χ1v) is 8.71. The number of hydrogen-bond acceptors (Lipinski definition) is 2. The molecule has 0 spiro atoms. The summed E-state index contributed by atoms with van der Waals surface area (Å²) >= 11 is 0. The molecule has 0 aromatic heterocycles. The van der Waals surface area contributed by atoms with Gasteiger partial charge in [0.05, 0.1) is 14.2 Å². The van der Waals surface area contributed by atoms with Crippen molar-refractivity contribution in [3.05, 3.63) is 48.0 Å². The summed E-state index contributed by atoms with van der Waals surface area (Å²) in [5.41, 5.74) is 1.36. The number of ether oxygens (including phenoxy) is 2. The van der Waals surface area contributed by atoms with Crippen molar-refractivity contribution >= 4 is 21.5 Å². The number of hydrogen-bond donors (Lipinski definition) is 0. The van der Waals surface area contributed by atoms with Crippen molar-refractivity contribution in [3.63, 3.8) is 0 Å². The number of benzene rings is 3. The largest absolute Gasteiger partial charge is 0.495 e. The van der Waals surface area contributed by atoms with Crippen LogP contribution in [-0.4, -0.2) is 14.2 Å². The summed E-state index contributed by atoms with van der Waals surface area (Å²) in [4.78, 5) is 0. The fourth-order valence-electron chi connectivity index (χ4n) is 3.46. The van der Waals surface area contributed by atoms with Crippen LogP contribution in [0.5, 0.6) is 11.5 Å². The standard InChI is InChI=1S/C22H26O2/c1-15(2)8-7-9-16-12-13-19-20(14-16)22(24-4)18-11-6-5-10-17(18)21(19)23-3/h5-6,10-15H,7-9H2,1-4H3. The molecule has 0 aliphatic heterocycles. The molecule has 24 heavy (non-hydrogen) atoms. The lowest BCUT2D eigenvalue weighted by molar-refractivity contribution is 0.417. The Bertz CT molecular complexity index is 849. The highest BCUT2D eigenvalue weighted by Crippen LogP contribution is 2.42. The van der Waals surface area contributed by atoms with Crippen LogP contribution in [0.4, 0.5) is 0 Å². The van der Waals surface area contributed by atoms with Crippen molar-refractivity contribution in [1.82, 2.24) is 0 Å². The predicted molar refractivity (Wildman–Crippen MR) is 102 cm³/mol. The topological polar surface area (TPSA) is 18.5 Å². The summed E-state index contributed by atoms with van der Waals surface area (Å²) < 4.78 is 11.5. The van der Waals surface area contributed by atoms with Crippen molar-refractivity contribution in [3.8, 4) is 11.5 Å². The lowest BCUT2D eigenvalue weighted by Crippen LogP contribution is -1.95. The molecule has 0 saturated heterocycles. The van der Waals surface area contributed by atoms with E-state index in [0.717, 1.165) is 45.4 Å². The van der Waals surface area contributed by atoms with Gasteiger partial charge in [-0.2, -0.15) is 0 Å². The maximum atomic E-state index is 5.78. The summed E-state index contributed by atoms with van der Waals surface area (Å²) in [5.74, 6) is 2.62. The van der Waals surface area contributed by atoms with Gasteiger partial charge in [-0.25, -0.2) is 0 Å². The molecule has 0 amide bonds. The Labute approximate surface area is 144 Å². The zero-order valence-electron chi connectivity index (χ0n) is 15.1. The number of aryl methyl sites for hydroxylation is 1. The van der Waals surface area contributed by atoms with Crippen LogP contribution in [0.15, 0.2) is 42.5 Å². The normalized spacial score (nSPS) is 11.4. The first kappa shape index (κ1) is 16.6. The Balaban J connectivity index is 2.15. The van der Waals surface area contributed by atoms with E-state index in [1.165, 1.54) is 18.4 Å². The summed E-state index contributed by atoms with van der Waals surface area (Å²) in [5, 5.41) is 4.44. The van der Waals surface area contributed by atoms with Crippen LogP contribution in [0.1, 0.15) is 32.3 Å². The number of methoxy groups -OCH3 is 2. The Morgan fingerprint density at radius 3 is 1.96 bits per heavy atom. The second-order valence-electron chi connectivity index (χ2n) is 6.78. The van der Waals surface area contributed by atoms with Crippen molar-refractivity contribution in [1.29, 1.82) is 0 Å². The number of fused-ring (bicyclic) bond motifs is 2. The molecule has 0 aliphatic carbocycles. The second kappa shape index (κ2) is 7.12. The first-order chi connectivity index (χ1) is 11.7. The van der Waals surface area contributed by atoms with Crippen LogP contribution >= 0.6 is 0 Å². The van der Waals surface area contributed by atoms with Crippen molar-refractivity contribution < 1.29 is 9.47 Å². The molecule has 0 unspecified atom stereocenters. The summed E-state index contributed by atoms with van der Waals surface area (Å²) in [6.45, 7) is 4.56. The minimum atomic E-state index is 0.754. The number of rotatable bonds is 6. The molecule has 0 bridgehead atoms. The fraction of sp³-hybridized carbons (Fsp3) is 0.364. The van der Waals surface area contributed by atoms with Gasteiger partial charge in [0.15, 0.2) is 0 Å². The molecule has 3 rings (SSSR count). The molecule has 0 N–H and O–H groups in total. The van der Waals surface area contributed by atoms with E-state index >= 15 is 0 Å². The van der Waals surface area contributed by atoms with E-state index < -0.39 is 0 Å². The third-order valence-corrected chi connectivity index (χ3v) is 4.64. The molecule has 0 aliphatic rings. The van der Waals surface area contributed by atoms with Gasteiger partial charge in [0.25, 0.3) is 0 Å². The minimum Gasteiger partial charge on any atom is -0.495 e. The fourth-order valence-corrected chi connectivity index (χ4v) is 3.46. The Kier molecular flexibility index (Phi) is 4.94. The molecule has 0 heterocycles. The average Bonchev–Trinajstić information content (AvgIpc) is 2.59. The minimum absolute atomic E-state index is 0.754. The van der Waals surface area contributed by atoms with Gasteiger partial charge in [0.1, 0.15) is 11.5 Å². The van der Waals surface area contributed by atoms with Gasteiger partial charge in [-0.05, 0) is 30.4 Å². The molecular weight excluding hydrogens is 296 g/mol. The SMILES string of the molecule is COc1c2ccccc2c(OC)c2cc(CCCC(C)C)ccc12. The molecule has 0 fully saturated rings. The smallest absolute Gasteiger partial charge is 0.134 e. The van der Waals surface area contributed by atoms with E-state index in [1.807, 2.05) is 12.1 Å². The Hall–Kier alpha value is -2.22. The van der Waals surface area contributed by atoms with Crippen LogP contribution in [-0.2, 0) is 6.42 Å². The lowest BCUT2D eigenvalue weighted by Gasteiger charge is -2.16. The molecule has 0 saturated carbocycles. The van der Waals surface area contributed by atoms with Gasteiger partial charge in [-0.1, -0.05) is 56.7 Å². The average molecular weight is 322 g/mol. The van der Waals surface area contributed by atoms with E-state index in [1.54, 1.807) is 14.2 Å². The quantitative estimate of drug-likeness (QED) is 0.519. The maximum Gasteiger partial charge on any atom is 0.134 e. The Morgan fingerprint density at radius 1 is 0.792 bits per heavy atom.